The molecule has 0 fully saturated rings. The average Bonchev–Trinajstić information content (AvgIpc) is 2.42. The predicted molar refractivity (Wildman–Crippen MR) is 78.6 cm³/mol. The lowest BCUT2D eigenvalue weighted by Crippen LogP contribution is -2.28. The molecule has 98 valence electrons. The van der Waals surface area contributed by atoms with Crippen LogP contribution in [0.2, 0.25) is 0 Å². The third-order valence-corrected chi connectivity index (χ3v) is 3.62. The van der Waals surface area contributed by atoms with Crippen LogP contribution in [0.4, 0.5) is 0 Å². The molecule has 0 saturated heterocycles. The molecule has 1 aromatic carbocycles. The van der Waals surface area contributed by atoms with Crippen molar-refractivity contribution < 1.29 is 4.79 Å². The Bertz CT molecular complexity index is 557. The van der Waals surface area contributed by atoms with Crippen LogP contribution in [-0.4, -0.2) is 22.8 Å². The second-order valence-corrected chi connectivity index (χ2v) is 5.19. The molecular formula is C15H15BrN2O. The minimum atomic E-state index is 0.0643. The molecule has 0 saturated carbocycles. The van der Waals surface area contributed by atoms with Crippen molar-refractivity contribution in [1.82, 2.24) is 9.88 Å². The Hall–Kier alpha value is -1.68. The van der Waals surface area contributed by atoms with Crippen molar-refractivity contribution in [2.24, 2.45) is 0 Å². The van der Waals surface area contributed by atoms with Crippen LogP contribution >= 0.6 is 15.9 Å². The van der Waals surface area contributed by atoms with Crippen LogP contribution < -0.4 is 0 Å². The Balaban J connectivity index is 1.98. The maximum absolute atomic E-state index is 12.1. The highest BCUT2D eigenvalue weighted by molar-refractivity contribution is 9.10. The monoisotopic (exact) mass is 318 g/mol. The largest absolute Gasteiger partial charge is 0.341 e. The first-order chi connectivity index (χ1) is 9.16. The summed E-state index contributed by atoms with van der Waals surface area (Å²) in [6.45, 7) is 0.590. The number of likely N-dealkylation sites (N-methyl/N-ethyl adjacent to an activating group) is 1. The van der Waals surface area contributed by atoms with Gasteiger partial charge in [-0.05, 0) is 23.8 Å². The molecule has 2 aromatic rings. The first kappa shape index (κ1) is 13.7. The van der Waals surface area contributed by atoms with Gasteiger partial charge in [-0.3, -0.25) is 9.78 Å². The maximum atomic E-state index is 12.1. The standard InChI is InChI=1S/C15H15BrN2O/c1-18(11-12-6-2-3-8-14(12)16)15(19)10-13-7-4-5-9-17-13/h2-9H,10-11H2,1H3. The van der Waals surface area contributed by atoms with Gasteiger partial charge in [-0.1, -0.05) is 40.2 Å². The summed E-state index contributed by atoms with van der Waals surface area (Å²) in [5.41, 5.74) is 1.89. The van der Waals surface area contributed by atoms with Crippen LogP contribution in [0.25, 0.3) is 0 Å². The molecule has 0 unspecified atom stereocenters. The lowest BCUT2D eigenvalue weighted by Gasteiger charge is -2.18. The second kappa shape index (κ2) is 6.48. The summed E-state index contributed by atoms with van der Waals surface area (Å²) in [6, 6.07) is 13.5. The maximum Gasteiger partial charge on any atom is 0.228 e. The van der Waals surface area contributed by atoms with Crippen molar-refractivity contribution in [3.8, 4) is 0 Å². The predicted octanol–water partition coefficient (Wildman–Crippen LogP) is 3.05. The number of carbonyl (C=O) groups excluding carboxylic acids is 1. The number of nitrogens with zero attached hydrogens (tertiary/aromatic N) is 2. The Labute approximate surface area is 121 Å². The number of hydrogen-bond acceptors (Lipinski definition) is 2. The minimum Gasteiger partial charge on any atom is -0.341 e. The number of rotatable bonds is 4. The molecule has 0 aliphatic heterocycles. The van der Waals surface area contributed by atoms with Gasteiger partial charge in [0, 0.05) is 30.0 Å². The molecule has 19 heavy (non-hydrogen) atoms. The number of aromatic nitrogens is 1. The fourth-order valence-electron chi connectivity index (χ4n) is 1.76. The van der Waals surface area contributed by atoms with Gasteiger partial charge in [0.25, 0.3) is 0 Å². The van der Waals surface area contributed by atoms with E-state index in [1.165, 1.54) is 0 Å². The van der Waals surface area contributed by atoms with Crippen molar-refractivity contribution in [2.75, 3.05) is 7.05 Å². The summed E-state index contributed by atoms with van der Waals surface area (Å²) >= 11 is 3.49. The normalized spacial score (nSPS) is 10.2. The fourth-order valence-corrected chi connectivity index (χ4v) is 2.17. The number of benzene rings is 1. The summed E-state index contributed by atoms with van der Waals surface area (Å²) in [7, 11) is 1.81. The zero-order valence-electron chi connectivity index (χ0n) is 10.7. The molecule has 4 heteroatoms. The number of hydrogen-bond donors (Lipinski definition) is 0. The average molecular weight is 319 g/mol. The quantitative estimate of drug-likeness (QED) is 0.868. The van der Waals surface area contributed by atoms with Crippen molar-refractivity contribution in [1.29, 1.82) is 0 Å². The van der Waals surface area contributed by atoms with E-state index in [9.17, 15) is 4.79 Å². The van der Waals surface area contributed by atoms with E-state index in [1.54, 1.807) is 11.1 Å². The van der Waals surface area contributed by atoms with Gasteiger partial charge in [-0.2, -0.15) is 0 Å². The van der Waals surface area contributed by atoms with E-state index < -0.39 is 0 Å². The van der Waals surface area contributed by atoms with Crippen molar-refractivity contribution in [3.63, 3.8) is 0 Å². The van der Waals surface area contributed by atoms with Crippen molar-refractivity contribution >= 4 is 21.8 Å². The van der Waals surface area contributed by atoms with Crippen LogP contribution in [0.5, 0.6) is 0 Å². The Morgan fingerprint density at radius 3 is 2.63 bits per heavy atom. The Kier molecular flexibility index (Phi) is 4.68. The summed E-state index contributed by atoms with van der Waals surface area (Å²) in [5, 5.41) is 0. The van der Waals surface area contributed by atoms with E-state index in [0.717, 1.165) is 15.7 Å². The lowest BCUT2D eigenvalue weighted by atomic mass is 10.2. The molecule has 0 bridgehead atoms. The van der Waals surface area contributed by atoms with E-state index in [1.807, 2.05) is 49.5 Å². The molecule has 0 N–H and O–H groups in total. The molecule has 2 rings (SSSR count). The molecule has 0 spiro atoms. The SMILES string of the molecule is CN(Cc1ccccc1Br)C(=O)Cc1ccccn1. The third kappa shape index (κ3) is 3.89. The highest BCUT2D eigenvalue weighted by Crippen LogP contribution is 2.17. The van der Waals surface area contributed by atoms with Crippen molar-refractivity contribution in [2.45, 2.75) is 13.0 Å². The van der Waals surface area contributed by atoms with Gasteiger partial charge >= 0.3 is 0 Å². The topological polar surface area (TPSA) is 33.2 Å². The van der Waals surface area contributed by atoms with Crippen LogP contribution in [-0.2, 0) is 17.8 Å². The first-order valence-electron chi connectivity index (χ1n) is 6.04. The smallest absolute Gasteiger partial charge is 0.228 e. The summed E-state index contributed by atoms with van der Waals surface area (Å²) < 4.78 is 1.02. The zero-order valence-corrected chi connectivity index (χ0v) is 12.3. The van der Waals surface area contributed by atoms with Gasteiger partial charge in [0.15, 0.2) is 0 Å². The molecule has 0 atom stereocenters. The van der Waals surface area contributed by atoms with E-state index in [4.69, 9.17) is 0 Å². The van der Waals surface area contributed by atoms with E-state index in [-0.39, 0.29) is 5.91 Å². The summed E-state index contributed by atoms with van der Waals surface area (Å²) in [6.07, 6.45) is 2.04. The van der Waals surface area contributed by atoms with Gasteiger partial charge in [0.05, 0.1) is 6.42 Å². The van der Waals surface area contributed by atoms with Crippen LogP contribution in [0.1, 0.15) is 11.3 Å². The Morgan fingerprint density at radius 1 is 1.21 bits per heavy atom. The molecule has 3 nitrogen and oxygen atoms in total. The van der Waals surface area contributed by atoms with Crippen LogP contribution in [0, 0.1) is 0 Å². The zero-order chi connectivity index (χ0) is 13.7. The highest BCUT2D eigenvalue weighted by atomic mass is 79.9. The molecule has 1 heterocycles. The third-order valence-electron chi connectivity index (χ3n) is 2.85. The molecular weight excluding hydrogens is 304 g/mol. The van der Waals surface area contributed by atoms with E-state index >= 15 is 0 Å². The van der Waals surface area contributed by atoms with E-state index in [2.05, 4.69) is 20.9 Å². The highest BCUT2D eigenvalue weighted by Gasteiger charge is 2.11. The van der Waals surface area contributed by atoms with Gasteiger partial charge in [0.2, 0.25) is 5.91 Å². The molecule has 0 aliphatic rings. The molecule has 1 amide bonds. The lowest BCUT2D eigenvalue weighted by molar-refractivity contribution is -0.129. The van der Waals surface area contributed by atoms with Gasteiger partial charge in [-0.15, -0.1) is 0 Å². The molecule has 0 radical (unpaired) electrons. The minimum absolute atomic E-state index is 0.0643. The fraction of sp³-hybridized carbons (Fsp3) is 0.200. The molecule has 0 aliphatic carbocycles. The van der Waals surface area contributed by atoms with Crippen LogP contribution in [0.15, 0.2) is 53.1 Å². The number of pyridine rings is 1. The van der Waals surface area contributed by atoms with E-state index in [0.29, 0.717) is 13.0 Å². The molecule has 1 aromatic heterocycles. The summed E-state index contributed by atoms with van der Waals surface area (Å²) in [4.78, 5) is 18.0. The number of halogens is 1. The number of carbonyl (C=O) groups is 1. The van der Waals surface area contributed by atoms with Gasteiger partial charge < -0.3 is 4.90 Å². The van der Waals surface area contributed by atoms with Gasteiger partial charge in [-0.25, -0.2) is 0 Å². The van der Waals surface area contributed by atoms with Crippen LogP contribution in [0.3, 0.4) is 0 Å². The second-order valence-electron chi connectivity index (χ2n) is 4.34. The first-order valence-corrected chi connectivity index (χ1v) is 6.83. The number of amides is 1. The van der Waals surface area contributed by atoms with Gasteiger partial charge in [0.1, 0.15) is 0 Å². The Morgan fingerprint density at radius 2 is 1.95 bits per heavy atom. The van der Waals surface area contributed by atoms with Crippen molar-refractivity contribution in [3.05, 3.63) is 64.4 Å². The summed E-state index contributed by atoms with van der Waals surface area (Å²) in [5.74, 6) is 0.0643.